The van der Waals surface area contributed by atoms with Crippen molar-refractivity contribution in [2.24, 2.45) is 0 Å². The molecule has 0 aliphatic carbocycles. The molecule has 0 saturated carbocycles. The van der Waals surface area contributed by atoms with Crippen LogP contribution in [0.3, 0.4) is 0 Å². The lowest BCUT2D eigenvalue weighted by atomic mass is 10.1. The van der Waals surface area contributed by atoms with Crippen molar-refractivity contribution in [3.05, 3.63) is 63.1 Å². The number of amides is 1. The third-order valence-electron chi connectivity index (χ3n) is 2.83. The van der Waals surface area contributed by atoms with Crippen LogP contribution in [0.2, 0.25) is 10.0 Å². The van der Waals surface area contributed by atoms with Gasteiger partial charge in [0.15, 0.2) is 5.11 Å². The summed E-state index contributed by atoms with van der Waals surface area (Å²) in [6.07, 6.45) is 0. The Morgan fingerprint density at radius 2 is 1.50 bits per heavy atom. The lowest BCUT2D eigenvalue weighted by Gasteiger charge is -2.11. The first kappa shape index (κ1) is 16.7. The summed E-state index contributed by atoms with van der Waals surface area (Å²) in [5.74, 6) is -0.369. The van der Waals surface area contributed by atoms with E-state index >= 15 is 0 Å². The number of hydrogen-bond donors (Lipinski definition) is 2. The molecule has 0 aromatic heterocycles. The number of aryl methyl sites for hydroxylation is 2. The van der Waals surface area contributed by atoms with Gasteiger partial charge in [0.05, 0.1) is 0 Å². The highest BCUT2D eigenvalue weighted by molar-refractivity contribution is 7.80. The lowest BCUT2D eigenvalue weighted by Crippen LogP contribution is -2.34. The minimum atomic E-state index is -0.369. The molecular formula is C16H14Cl2N2OS. The summed E-state index contributed by atoms with van der Waals surface area (Å²) >= 11 is 16.9. The van der Waals surface area contributed by atoms with Gasteiger partial charge in [0.2, 0.25) is 0 Å². The van der Waals surface area contributed by atoms with Gasteiger partial charge in [-0.25, -0.2) is 0 Å². The summed E-state index contributed by atoms with van der Waals surface area (Å²) < 4.78 is 0. The van der Waals surface area contributed by atoms with Gasteiger partial charge in [-0.2, -0.15) is 0 Å². The Balaban J connectivity index is 2.06. The van der Waals surface area contributed by atoms with Crippen LogP contribution < -0.4 is 10.6 Å². The van der Waals surface area contributed by atoms with E-state index in [-0.39, 0.29) is 11.0 Å². The van der Waals surface area contributed by atoms with Gasteiger partial charge in [-0.15, -0.1) is 0 Å². The van der Waals surface area contributed by atoms with Gasteiger partial charge < -0.3 is 5.32 Å². The van der Waals surface area contributed by atoms with Crippen LogP contribution in [-0.2, 0) is 0 Å². The standard InChI is InChI=1S/C16H14Cl2N2OS/c1-9-3-10(2)5-14(4-9)19-16(22)20-15(21)11-6-12(17)8-13(18)7-11/h3-8H,1-2H3,(H2,19,20,21,22). The van der Waals surface area contributed by atoms with E-state index in [1.165, 1.54) is 12.1 Å². The largest absolute Gasteiger partial charge is 0.332 e. The number of carbonyl (C=O) groups excluding carboxylic acids is 1. The second-order valence-electron chi connectivity index (χ2n) is 4.94. The zero-order chi connectivity index (χ0) is 16.3. The van der Waals surface area contributed by atoms with Crippen LogP contribution in [0.15, 0.2) is 36.4 Å². The average molecular weight is 353 g/mol. The molecule has 0 spiro atoms. The molecule has 0 heterocycles. The Bertz CT molecular complexity index is 706. The molecule has 1 amide bonds. The van der Waals surface area contributed by atoms with Gasteiger partial charge in [0.1, 0.15) is 0 Å². The van der Waals surface area contributed by atoms with Crippen LogP contribution in [0.4, 0.5) is 5.69 Å². The zero-order valence-corrected chi connectivity index (χ0v) is 14.4. The highest BCUT2D eigenvalue weighted by atomic mass is 35.5. The van der Waals surface area contributed by atoms with E-state index in [1.807, 2.05) is 26.0 Å². The van der Waals surface area contributed by atoms with Gasteiger partial charge in [0, 0.05) is 21.3 Å². The van der Waals surface area contributed by atoms with E-state index in [1.54, 1.807) is 6.07 Å². The minimum absolute atomic E-state index is 0.214. The summed E-state index contributed by atoms with van der Waals surface area (Å²) in [7, 11) is 0. The Hall–Kier alpha value is -1.62. The first-order valence-corrected chi connectivity index (χ1v) is 7.66. The molecule has 0 atom stereocenters. The van der Waals surface area contributed by atoms with Crippen LogP contribution >= 0.6 is 35.4 Å². The maximum atomic E-state index is 12.1. The third kappa shape index (κ3) is 4.70. The van der Waals surface area contributed by atoms with Gasteiger partial charge >= 0.3 is 0 Å². The summed E-state index contributed by atoms with van der Waals surface area (Å²) in [4.78, 5) is 12.1. The molecule has 2 rings (SSSR count). The van der Waals surface area contributed by atoms with E-state index in [2.05, 4.69) is 16.7 Å². The van der Waals surface area contributed by atoms with Crippen molar-refractivity contribution in [1.82, 2.24) is 5.32 Å². The van der Waals surface area contributed by atoms with Crippen molar-refractivity contribution in [2.75, 3.05) is 5.32 Å². The summed E-state index contributed by atoms with van der Waals surface area (Å²) in [6.45, 7) is 3.99. The number of hydrogen-bond acceptors (Lipinski definition) is 2. The number of thiocarbonyl (C=S) groups is 1. The quantitative estimate of drug-likeness (QED) is 0.767. The first-order chi connectivity index (χ1) is 10.3. The SMILES string of the molecule is Cc1cc(C)cc(NC(=S)NC(=O)c2cc(Cl)cc(Cl)c2)c1. The molecule has 3 nitrogen and oxygen atoms in total. The topological polar surface area (TPSA) is 41.1 Å². The molecule has 0 unspecified atom stereocenters. The summed E-state index contributed by atoms with van der Waals surface area (Å²) in [5.41, 5.74) is 3.39. The molecule has 22 heavy (non-hydrogen) atoms. The molecule has 2 aromatic carbocycles. The third-order valence-corrected chi connectivity index (χ3v) is 3.47. The minimum Gasteiger partial charge on any atom is -0.332 e. The van der Waals surface area contributed by atoms with Gasteiger partial charge in [-0.3, -0.25) is 10.1 Å². The molecule has 2 aromatic rings. The van der Waals surface area contributed by atoms with Crippen LogP contribution in [0.1, 0.15) is 21.5 Å². The fourth-order valence-corrected chi connectivity index (χ4v) is 2.81. The molecule has 6 heteroatoms. The van der Waals surface area contributed by atoms with Crippen molar-refractivity contribution in [3.63, 3.8) is 0 Å². The number of nitrogens with one attached hydrogen (secondary N) is 2. The predicted molar refractivity (Wildman–Crippen MR) is 96.1 cm³/mol. The van der Waals surface area contributed by atoms with Crippen LogP contribution in [0.5, 0.6) is 0 Å². The van der Waals surface area contributed by atoms with Gasteiger partial charge in [-0.1, -0.05) is 29.3 Å². The Morgan fingerprint density at radius 1 is 0.955 bits per heavy atom. The first-order valence-electron chi connectivity index (χ1n) is 6.50. The van der Waals surface area contributed by atoms with Crippen molar-refractivity contribution in [1.29, 1.82) is 0 Å². The fraction of sp³-hybridized carbons (Fsp3) is 0.125. The predicted octanol–water partition coefficient (Wildman–Crippen LogP) is 4.74. The highest BCUT2D eigenvalue weighted by Crippen LogP contribution is 2.19. The molecule has 2 N–H and O–H groups in total. The number of halogens is 2. The monoisotopic (exact) mass is 352 g/mol. The Kier molecular flexibility index (Phi) is 5.40. The lowest BCUT2D eigenvalue weighted by molar-refractivity contribution is 0.0977. The normalized spacial score (nSPS) is 10.2. The van der Waals surface area contributed by atoms with E-state index in [0.29, 0.717) is 15.6 Å². The number of carbonyl (C=O) groups is 1. The van der Waals surface area contributed by atoms with Crippen LogP contribution in [0, 0.1) is 13.8 Å². The van der Waals surface area contributed by atoms with Crippen molar-refractivity contribution in [3.8, 4) is 0 Å². The second-order valence-corrected chi connectivity index (χ2v) is 6.22. The Morgan fingerprint density at radius 3 is 2.05 bits per heavy atom. The molecular weight excluding hydrogens is 339 g/mol. The zero-order valence-electron chi connectivity index (χ0n) is 12.0. The second kappa shape index (κ2) is 7.09. The van der Waals surface area contributed by atoms with Crippen molar-refractivity contribution < 1.29 is 4.79 Å². The van der Waals surface area contributed by atoms with E-state index in [9.17, 15) is 4.79 Å². The average Bonchev–Trinajstić information content (AvgIpc) is 2.35. The molecule has 114 valence electrons. The molecule has 0 saturated heterocycles. The summed E-state index contributed by atoms with van der Waals surface area (Å²) in [6, 6.07) is 10.6. The fourth-order valence-electron chi connectivity index (χ4n) is 2.07. The van der Waals surface area contributed by atoms with E-state index < -0.39 is 0 Å². The van der Waals surface area contributed by atoms with Crippen LogP contribution in [-0.4, -0.2) is 11.0 Å². The maximum Gasteiger partial charge on any atom is 0.257 e. The number of benzene rings is 2. The molecule has 0 fully saturated rings. The smallest absolute Gasteiger partial charge is 0.257 e. The highest BCUT2D eigenvalue weighted by Gasteiger charge is 2.10. The summed E-state index contributed by atoms with van der Waals surface area (Å²) in [5, 5.41) is 6.59. The van der Waals surface area contributed by atoms with Gasteiger partial charge in [-0.05, 0) is 67.5 Å². The number of anilines is 1. The van der Waals surface area contributed by atoms with E-state index in [4.69, 9.17) is 35.4 Å². The van der Waals surface area contributed by atoms with E-state index in [0.717, 1.165) is 16.8 Å². The van der Waals surface area contributed by atoms with Crippen LogP contribution in [0.25, 0.3) is 0 Å². The molecule has 0 bridgehead atoms. The maximum absolute atomic E-state index is 12.1. The Labute approximate surface area is 144 Å². The van der Waals surface area contributed by atoms with Gasteiger partial charge in [0.25, 0.3) is 5.91 Å². The molecule has 0 aliphatic rings. The molecule has 0 radical (unpaired) electrons. The van der Waals surface area contributed by atoms with Crippen molar-refractivity contribution in [2.45, 2.75) is 13.8 Å². The number of rotatable bonds is 2. The van der Waals surface area contributed by atoms with Crippen molar-refractivity contribution >= 4 is 52.1 Å². The molecule has 0 aliphatic heterocycles.